The number of allylic oxidation sites excluding steroid dienone is 2. The largest absolute Gasteiger partial charge is 0.481 e. The van der Waals surface area contributed by atoms with Crippen molar-refractivity contribution in [1.29, 1.82) is 0 Å². The standard InChI is InChI=1S/C20H32O5/c1-2-3-6-9-15(21)12-13-17-16(18(22)14-19(17)23)10-7-4-5-8-11-20(24)25/h4,7,12-13,15-17,19,21,23H,2-3,5-6,8-11,14H2,1H3,(H,24,25)/b7-4-,13-12+/t15?,16-,17-,19+/m1/s1. The van der Waals surface area contributed by atoms with Crippen molar-refractivity contribution < 1.29 is 24.9 Å². The minimum absolute atomic E-state index is 0.0535. The lowest BCUT2D eigenvalue weighted by Gasteiger charge is -2.16. The minimum Gasteiger partial charge on any atom is -0.481 e. The second kappa shape index (κ2) is 12.0. The average Bonchev–Trinajstić information content (AvgIpc) is 2.82. The molecule has 0 radical (unpaired) electrons. The summed E-state index contributed by atoms with van der Waals surface area (Å²) in [5, 5.41) is 28.7. The maximum atomic E-state index is 12.1. The second-order valence-corrected chi connectivity index (χ2v) is 6.86. The smallest absolute Gasteiger partial charge is 0.303 e. The van der Waals surface area contributed by atoms with Crippen molar-refractivity contribution in [3.8, 4) is 0 Å². The number of aliphatic hydroxyl groups is 2. The summed E-state index contributed by atoms with van der Waals surface area (Å²) in [6, 6.07) is 0. The van der Waals surface area contributed by atoms with E-state index < -0.39 is 18.2 Å². The summed E-state index contributed by atoms with van der Waals surface area (Å²) in [5.74, 6) is -1.26. The summed E-state index contributed by atoms with van der Waals surface area (Å²) < 4.78 is 0. The fraction of sp³-hybridized carbons (Fsp3) is 0.700. The molecule has 1 fully saturated rings. The zero-order valence-electron chi connectivity index (χ0n) is 15.1. The van der Waals surface area contributed by atoms with Crippen molar-refractivity contribution in [2.45, 2.75) is 76.9 Å². The molecule has 1 saturated carbocycles. The van der Waals surface area contributed by atoms with E-state index in [1.54, 1.807) is 12.2 Å². The Kier molecular flexibility index (Phi) is 10.3. The fourth-order valence-electron chi connectivity index (χ4n) is 3.22. The number of aliphatic carboxylic acids is 1. The van der Waals surface area contributed by atoms with E-state index in [0.717, 1.165) is 19.3 Å². The van der Waals surface area contributed by atoms with Crippen LogP contribution in [0.3, 0.4) is 0 Å². The van der Waals surface area contributed by atoms with Gasteiger partial charge in [0.1, 0.15) is 5.78 Å². The van der Waals surface area contributed by atoms with E-state index in [-0.39, 0.29) is 30.5 Å². The van der Waals surface area contributed by atoms with Gasteiger partial charge in [-0.15, -0.1) is 0 Å². The average molecular weight is 352 g/mol. The van der Waals surface area contributed by atoms with Gasteiger partial charge in [0, 0.05) is 24.7 Å². The van der Waals surface area contributed by atoms with Crippen molar-refractivity contribution in [1.82, 2.24) is 0 Å². The van der Waals surface area contributed by atoms with Crippen LogP contribution in [0.5, 0.6) is 0 Å². The zero-order chi connectivity index (χ0) is 18.7. The molecule has 0 bridgehead atoms. The predicted octanol–water partition coefficient (Wildman–Crippen LogP) is 3.25. The van der Waals surface area contributed by atoms with Crippen LogP contribution in [-0.4, -0.2) is 39.3 Å². The summed E-state index contributed by atoms with van der Waals surface area (Å²) in [7, 11) is 0. The van der Waals surface area contributed by atoms with Crippen LogP contribution in [-0.2, 0) is 9.59 Å². The van der Waals surface area contributed by atoms with Crippen molar-refractivity contribution in [2.75, 3.05) is 0 Å². The van der Waals surface area contributed by atoms with E-state index in [2.05, 4.69) is 6.92 Å². The number of carboxylic acid groups (broad SMARTS) is 1. The first-order chi connectivity index (χ1) is 12.0. The molecule has 142 valence electrons. The number of hydrogen-bond donors (Lipinski definition) is 3. The summed E-state index contributed by atoms with van der Waals surface area (Å²) in [6.45, 7) is 2.11. The molecule has 1 aliphatic rings. The molecule has 0 aromatic heterocycles. The molecule has 0 amide bonds. The Morgan fingerprint density at radius 2 is 2.04 bits per heavy atom. The SMILES string of the molecule is CCCCCC(O)/C=C/[C@H]1[C@@H](O)CC(=O)[C@@H]1C/C=C\CCCC(=O)O. The molecule has 0 aliphatic heterocycles. The monoisotopic (exact) mass is 352 g/mol. The molecule has 0 saturated heterocycles. The maximum absolute atomic E-state index is 12.1. The summed E-state index contributed by atoms with van der Waals surface area (Å²) in [6.07, 6.45) is 12.1. The molecule has 1 aliphatic carbocycles. The molecule has 5 heteroatoms. The molecule has 0 aromatic rings. The number of carboxylic acids is 1. The number of carbonyl (C=O) groups excluding carboxylic acids is 1. The summed E-state index contributed by atoms with van der Waals surface area (Å²) >= 11 is 0. The third-order valence-electron chi connectivity index (χ3n) is 4.71. The molecule has 0 heterocycles. The molecule has 0 aromatic carbocycles. The number of aliphatic hydroxyl groups excluding tert-OH is 2. The van der Waals surface area contributed by atoms with Crippen molar-refractivity contribution in [3.05, 3.63) is 24.3 Å². The lowest BCUT2D eigenvalue weighted by molar-refractivity contribution is -0.137. The number of unbranched alkanes of at least 4 members (excludes halogenated alkanes) is 3. The molecule has 0 spiro atoms. The fourth-order valence-corrected chi connectivity index (χ4v) is 3.22. The third-order valence-corrected chi connectivity index (χ3v) is 4.71. The van der Waals surface area contributed by atoms with Gasteiger partial charge >= 0.3 is 5.97 Å². The van der Waals surface area contributed by atoms with Gasteiger partial charge in [0.05, 0.1) is 12.2 Å². The molecule has 25 heavy (non-hydrogen) atoms. The first kappa shape index (κ1) is 21.6. The Balaban J connectivity index is 2.48. The van der Waals surface area contributed by atoms with Gasteiger partial charge < -0.3 is 15.3 Å². The lowest BCUT2D eigenvalue weighted by atomic mass is 9.90. The van der Waals surface area contributed by atoms with Crippen LogP contribution in [0, 0.1) is 11.8 Å². The van der Waals surface area contributed by atoms with Gasteiger partial charge in [0.25, 0.3) is 0 Å². The highest BCUT2D eigenvalue weighted by molar-refractivity contribution is 5.84. The molecule has 1 rings (SSSR count). The Morgan fingerprint density at radius 1 is 1.28 bits per heavy atom. The van der Waals surface area contributed by atoms with Crippen LogP contribution in [0.1, 0.15) is 64.7 Å². The molecule has 3 N–H and O–H groups in total. The highest BCUT2D eigenvalue weighted by atomic mass is 16.4. The van der Waals surface area contributed by atoms with E-state index in [9.17, 15) is 19.8 Å². The van der Waals surface area contributed by atoms with E-state index in [0.29, 0.717) is 25.7 Å². The van der Waals surface area contributed by atoms with Crippen LogP contribution in [0.25, 0.3) is 0 Å². The van der Waals surface area contributed by atoms with Crippen molar-refractivity contribution >= 4 is 11.8 Å². The van der Waals surface area contributed by atoms with Crippen LogP contribution in [0.2, 0.25) is 0 Å². The normalized spacial score (nSPS) is 25.2. The van der Waals surface area contributed by atoms with Crippen LogP contribution < -0.4 is 0 Å². The minimum atomic E-state index is -0.801. The van der Waals surface area contributed by atoms with E-state index in [1.165, 1.54) is 0 Å². The molecule has 1 unspecified atom stereocenters. The topological polar surface area (TPSA) is 94.8 Å². The Labute approximate surface area is 150 Å². The first-order valence-corrected chi connectivity index (χ1v) is 9.39. The van der Waals surface area contributed by atoms with Gasteiger partial charge in [-0.2, -0.15) is 0 Å². The Bertz CT molecular complexity index is 469. The summed E-state index contributed by atoms with van der Waals surface area (Å²) in [4.78, 5) is 22.5. The summed E-state index contributed by atoms with van der Waals surface area (Å²) in [5.41, 5.74) is 0. The molecule has 5 nitrogen and oxygen atoms in total. The van der Waals surface area contributed by atoms with Gasteiger partial charge in [-0.25, -0.2) is 0 Å². The van der Waals surface area contributed by atoms with Gasteiger partial charge in [-0.3, -0.25) is 9.59 Å². The number of carbonyl (C=O) groups is 2. The third kappa shape index (κ3) is 8.45. The number of Topliss-reactive ketones (excluding diaryl/α,β-unsaturated/α-hetero) is 1. The van der Waals surface area contributed by atoms with Crippen molar-refractivity contribution in [3.63, 3.8) is 0 Å². The van der Waals surface area contributed by atoms with Crippen LogP contribution in [0.4, 0.5) is 0 Å². The van der Waals surface area contributed by atoms with Gasteiger partial charge in [0.15, 0.2) is 0 Å². The number of ketones is 1. The Morgan fingerprint density at radius 3 is 2.72 bits per heavy atom. The quantitative estimate of drug-likeness (QED) is 0.370. The highest BCUT2D eigenvalue weighted by Crippen LogP contribution is 2.33. The number of hydrogen-bond acceptors (Lipinski definition) is 4. The maximum Gasteiger partial charge on any atom is 0.303 e. The highest BCUT2D eigenvalue weighted by Gasteiger charge is 2.39. The van der Waals surface area contributed by atoms with E-state index in [4.69, 9.17) is 5.11 Å². The molecular weight excluding hydrogens is 320 g/mol. The van der Waals surface area contributed by atoms with E-state index >= 15 is 0 Å². The second-order valence-electron chi connectivity index (χ2n) is 6.86. The molecular formula is C20H32O5. The zero-order valence-corrected chi connectivity index (χ0v) is 15.1. The molecule has 4 atom stereocenters. The van der Waals surface area contributed by atoms with Gasteiger partial charge in [-0.05, 0) is 25.7 Å². The predicted molar refractivity (Wildman–Crippen MR) is 97.1 cm³/mol. The van der Waals surface area contributed by atoms with Gasteiger partial charge in [0.2, 0.25) is 0 Å². The first-order valence-electron chi connectivity index (χ1n) is 9.39. The van der Waals surface area contributed by atoms with E-state index in [1.807, 2.05) is 12.2 Å². The van der Waals surface area contributed by atoms with Crippen LogP contribution in [0.15, 0.2) is 24.3 Å². The lowest BCUT2D eigenvalue weighted by Crippen LogP contribution is -2.18. The Hall–Kier alpha value is -1.46. The van der Waals surface area contributed by atoms with Gasteiger partial charge in [-0.1, -0.05) is 50.5 Å². The van der Waals surface area contributed by atoms with Crippen LogP contribution >= 0.6 is 0 Å². The number of rotatable bonds is 12. The van der Waals surface area contributed by atoms with Crippen molar-refractivity contribution in [2.24, 2.45) is 11.8 Å².